The van der Waals surface area contributed by atoms with E-state index in [1.165, 1.54) is 0 Å². The normalized spacial score (nSPS) is 12.6. The van der Waals surface area contributed by atoms with E-state index in [4.69, 9.17) is 5.14 Å². The van der Waals surface area contributed by atoms with Gasteiger partial charge in [0, 0.05) is 0 Å². The Labute approximate surface area is 154 Å². The van der Waals surface area contributed by atoms with E-state index in [1.807, 2.05) is 48.5 Å². The molecule has 2 rings (SSSR count). The zero-order chi connectivity index (χ0) is 17.3. The van der Waals surface area contributed by atoms with Gasteiger partial charge in [-0.2, -0.15) is 0 Å². The van der Waals surface area contributed by atoms with E-state index < -0.39 is 14.8 Å². The molecule has 0 heterocycles. The predicted octanol–water partition coefficient (Wildman–Crippen LogP) is 4.75. The van der Waals surface area contributed by atoms with Crippen molar-refractivity contribution in [2.24, 2.45) is 5.14 Å². The Morgan fingerprint density at radius 3 is 2.22 bits per heavy atom. The molecular weight excluding hydrogens is 442 g/mol. The van der Waals surface area contributed by atoms with Crippen molar-refractivity contribution in [3.8, 4) is 11.1 Å². The van der Waals surface area contributed by atoms with Crippen LogP contribution in [0.25, 0.3) is 11.1 Å². The average molecular weight is 461 g/mol. The van der Waals surface area contributed by atoms with Crippen LogP contribution in [0.15, 0.2) is 48.5 Å². The Morgan fingerprint density at radius 2 is 1.70 bits per heavy atom. The fraction of sp³-hybridized carbons (Fsp3) is 0.294. The molecule has 2 aromatic rings. The number of benzene rings is 2. The molecule has 0 aliphatic carbocycles. The minimum absolute atomic E-state index is 0.0103. The summed E-state index contributed by atoms with van der Waals surface area (Å²) in [5.41, 5.74) is 4.06. The molecule has 0 spiro atoms. The molecular formula is C17H19Br2NO2S. The highest BCUT2D eigenvalue weighted by molar-refractivity contribution is 9.24. The summed E-state index contributed by atoms with van der Waals surface area (Å²) in [5.74, 6) is 0. The van der Waals surface area contributed by atoms with Crippen molar-refractivity contribution in [2.75, 3.05) is 0 Å². The van der Waals surface area contributed by atoms with Gasteiger partial charge < -0.3 is 0 Å². The van der Waals surface area contributed by atoms with Gasteiger partial charge in [0.05, 0.1) is 8.48 Å². The van der Waals surface area contributed by atoms with Crippen LogP contribution in [0.3, 0.4) is 0 Å². The van der Waals surface area contributed by atoms with Gasteiger partial charge in [0.1, 0.15) is 0 Å². The number of hydrogen-bond donors (Lipinski definition) is 1. The van der Waals surface area contributed by atoms with Crippen LogP contribution in [0.5, 0.6) is 0 Å². The SMILES string of the molecule is CC(C)(Cc1cc(C(Br)Br)ccc1-c1ccccc1)S(N)(=O)=O. The molecule has 0 radical (unpaired) electrons. The molecule has 0 amide bonds. The largest absolute Gasteiger partial charge is 0.228 e. The lowest BCUT2D eigenvalue weighted by Crippen LogP contribution is -2.39. The molecule has 124 valence electrons. The van der Waals surface area contributed by atoms with Crippen LogP contribution in [-0.2, 0) is 16.4 Å². The van der Waals surface area contributed by atoms with Crippen molar-refractivity contribution in [1.29, 1.82) is 0 Å². The number of alkyl halides is 2. The third-order valence-corrected chi connectivity index (χ3v) is 6.59. The molecule has 0 atom stereocenters. The lowest BCUT2D eigenvalue weighted by Gasteiger charge is -2.24. The summed E-state index contributed by atoms with van der Waals surface area (Å²) < 4.78 is 22.7. The van der Waals surface area contributed by atoms with E-state index in [0.717, 1.165) is 22.3 Å². The Balaban J connectivity index is 2.57. The Morgan fingerprint density at radius 1 is 1.09 bits per heavy atom. The molecule has 0 unspecified atom stereocenters. The van der Waals surface area contributed by atoms with Gasteiger partial charge in [-0.05, 0) is 42.5 Å². The van der Waals surface area contributed by atoms with Crippen molar-refractivity contribution < 1.29 is 8.42 Å². The fourth-order valence-corrected chi connectivity index (χ4v) is 3.28. The zero-order valence-corrected chi connectivity index (χ0v) is 16.9. The van der Waals surface area contributed by atoms with Crippen molar-refractivity contribution in [2.45, 2.75) is 28.8 Å². The molecule has 0 fully saturated rings. The molecule has 0 bridgehead atoms. The molecule has 2 N–H and O–H groups in total. The monoisotopic (exact) mass is 459 g/mol. The van der Waals surface area contributed by atoms with Gasteiger partial charge in [0.25, 0.3) is 0 Å². The van der Waals surface area contributed by atoms with Crippen LogP contribution in [0, 0.1) is 0 Å². The second-order valence-corrected chi connectivity index (χ2v) is 11.3. The fourth-order valence-electron chi connectivity index (χ4n) is 2.35. The Kier molecular flexibility index (Phi) is 5.72. The van der Waals surface area contributed by atoms with E-state index in [2.05, 4.69) is 31.9 Å². The van der Waals surface area contributed by atoms with Crippen LogP contribution in [0.2, 0.25) is 0 Å². The smallest absolute Gasteiger partial charge is 0.214 e. The summed E-state index contributed by atoms with van der Waals surface area (Å²) in [4.78, 5) is 0. The average Bonchev–Trinajstić information content (AvgIpc) is 2.46. The Hall–Kier alpha value is -0.690. The maximum absolute atomic E-state index is 11.9. The van der Waals surface area contributed by atoms with Crippen molar-refractivity contribution >= 4 is 41.9 Å². The van der Waals surface area contributed by atoms with E-state index >= 15 is 0 Å². The number of halogens is 2. The second kappa shape index (κ2) is 7.05. The summed E-state index contributed by atoms with van der Waals surface area (Å²) in [6.45, 7) is 3.31. The molecule has 0 aliphatic rings. The number of nitrogens with two attached hydrogens (primary N) is 1. The first-order chi connectivity index (χ1) is 10.6. The van der Waals surface area contributed by atoms with Crippen molar-refractivity contribution in [3.05, 3.63) is 59.7 Å². The van der Waals surface area contributed by atoms with Gasteiger partial charge >= 0.3 is 0 Å². The molecule has 3 nitrogen and oxygen atoms in total. The van der Waals surface area contributed by atoms with Crippen LogP contribution in [0.1, 0.15) is 28.7 Å². The number of rotatable bonds is 5. The van der Waals surface area contributed by atoms with Gasteiger partial charge in [0.2, 0.25) is 10.0 Å². The maximum atomic E-state index is 11.9. The highest BCUT2D eigenvalue weighted by Gasteiger charge is 2.32. The summed E-state index contributed by atoms with van der Waals surface area (Å²) >= 11 is 6.98. The minimum atomic E-state index is -3.66. The third kappa shape index (κ3) is 4.44. The van der Waals surface area contributed by atoms with Crippen LogP contribution >= 0.6 is 31.9 Å². The molecule has 2 aromatic carbocycles. The quantitative estimate of drug-likeness (QED) is 0.654. The van der Waals surface area contributed by atoms with Gasteiger partial charge in [-0.1, -0.05) is 80.4 Å². The molecule has 0 saturated heterocycles. The number of sulfonamides is 1. The van der Waals surface area contributed by atoms with Crippen molar-refractivity contribution in [1.82, 2.24) is 0 Å². The summed E-state index contributed by atoms with van der Waals surface area (Å²) in [6, 6.07) is 16.0. The standard InChI is InChI=1S/C17H19Br2NO2S/c1-17(2,23(20,21)22)11-14-10-13(16(18)19)8-9-15(14)12-6-4-3-5-7-12/h3-10,16H,11H2,1-2H3,(H2,20,21,22). The predicted molar refractivity (Wildman–Crippen MR) is 103 cm³/mol. The number of primary sulfonamides is 1. The Bertz CT molecular complexity index is 787. The van der Waals surface area contributed by atoms with Crippen LogP contribution < -0.4 is 5.14 Å². The van der Waals surface area contributed by atoms with Crippen molar-refractivity contribution in [3.63, 3.8) is 0 Å². The number of hydrogen-bond acceptors (Lipinski definition) is 2. The summed E-state index contributed by atoms with van der Waals surface area (Å²) in [6.07, 6.45) is 0.344. The minimum Gasteiger partial charge on any atom is -0.228 e. The van der Waals surface area contributed by atoms with E-state index in [-0.39, 0.29) is 3.74 Å². The molecule has 23 heavy (non-hydrogen) atoms. The van der Waals surface area contributed by atoms with E-state index in [1.54, 1.807) is 13.8 Å². The van der Waals surface area contributed by atoms with Crippen LogP contribution in [0.4, 0.5) is 0 Å². The first-order valence-corrected chi connectivity index (χ1v) is 10.5. The summed E-state index contributed by atoms with van der Waals surface area (Å²) in [5, 5.41) is 5.40. The molecule has 6 heteroatoms. The zero-order valence-electron chi connectivity index (χ0n) is 13.0. The van der Waals surface area contributed by atoms with E-state index in [0.29, 0.717) is 6.42 Å². The second-order valence-electron chi connectivity index (χ2n) is 6.06. The van der Waals surface area contributed by atoms with Gasteiger partial charge in [0.15, 0.2) is 0 Å². The molecule has 0 aliphatic heterocycles. The first kappa shape index (κ1) is 18.6. The van der Waals surface area contributed by atoms with E-state index in [9.17, 15) is 8.42 Å². The first-order valence-electron chi connectivity index (χ1n) is 7.10. The maximum Gasteiger partial charge on any atom is 0.214 e. The lowest BCUT2D eigenvalue weighted by atomic mass is 9.92. The summed E-state index contributed by atoms with van der Waals surface area (Å²) in [7, 11) is -3.66. The topological polar surface area (TPSA) is 60.2 Å². The highest BCUT2D eigenvalue weighted by atomic mass is 79.9. The van der Waals surface area contributed by atoms with Crippen LogP contribution in [-0.4, -0.2) is 13.2 Å². The molecule has 0 aromatic heterocycles. The van der Waals surface area contributed by atoms with Gasteiger partial charge in [-0.25, -0.2) is 13.6 Å². The third-order valence-electron chi connectivity index (χ3n) is 3.85. The van der Waals surface area contributed by atoms with Gasteiger partial charge in [-0.3, -0.25) is 0 Å². The molecule has 0 saturated carbocycles. The highest BCUT2D eigenvalue weighted by Crippen LogP contribution is 2.35. The lowest BCUT2D eigenvalue weighted by molar-refractivity contribution is 0.545. The van der Waals surface area contributed by atoms with Gasteiger partial charge in [-0.15, -0.1) is 0 Å².